The van der Waals surface area contributed by atoms with E-state index in [9.17, 15) is 0 Å². The van der Waals surface area contributed by atoms with Crippen LogP contribution in [0.2, 0.25) is 0 Å². The standard InChI is InChI=1S/C60H42N2Si/c1-6-22-43(23-7-1)45-26-18-27-46(42-45)61-53-37-17-16-34-51(53)59-55(61)39-21-40-56(59)62-54-38-19-35-50(44-24-8-2-9-25-44)58(54)52-36-20-41-57(60(52)62)63(47-28-10-3-11-29-47,48-30-12-4-13-31-48)49-32-14-5-15-33-49/h1-42H. The van der Waals surface area contributed by atoms with Crippen molar-refractivity contribution in [2.24, 2.45) is 0 Å². The Morgan fingerprint density at radius 2 is 0.778 bits per heavy atom. The van der Waals surface area contributed by atoms with E-state index in [1.54, 1.807) is 0 Å². The van der Waals surface area contributed by atoms with Gasteiger partial charge >= 0.3 is 0 Å². The molecule has 0 saturated heterocycles. The zero-order chi connectivity index (χ0) is 41.7. The van der Waals surface area contributed by atoms with Crippen LogP contribution in [0.15, 0.2) is 255 Å². The molecule has 0 aliphatic heterocycles. The predicted octanol–water partition coefficient (Wildman–Crippen LogP) is 12.6. The lowest BCUT2D eigenvalue weighted by Gasteiger charge is -2.35. The Morgan fingerprint density at radius 3 is 1.43 bits per heavy atom. The Labute approximate surface area is 368 Å². The zero-order valence-corrected chi connectivity index (χ0v) is 35.6. The maximum absolute atomic E-state index is 3.02. The fourth-order valence-electron chi connectivity index (χ4n) is 10.5. The van der Waals surface area contributed by atoms with Crippen molar-refractivity contribution in [3.05, 3.63) is 255 Å². The Hall–Kier alpha value is -7.98. The van der Waals surface area contributed by atoms with Crippen molar-refractivity contribution in [2.75, 3.05) is 0 Å². The van der Waals surface area contributed by atoms with Crippen LogP contribution < -0.4 is 20.7 Å². The van der Waals surface area contributed by atoms with E-state index in [1.165, 1.54) is 86.6 Å². The van der Waals surface area contributed by atoms with Gasteiger partial charge in [-0.15, -0.1) is 0 Å². The van der Waals surface area contributed by atoms with Crippen molar-refractivity contribution in [3.63, 3.8) is 0 Å². The third kappa shape index (κ3) is 5.78. The molecule has 2 aromatic heterocycles. The van der Waals surface area contributed by atoms with E-state index < -0.39 is 8.07 Å². The van der Waals surface area contributed by atoms with Gasteiger partial charge in [0.2, 0.25) is 0 Å². The lowest BCUT2D eigenvalue weighted by Crippen LogP contribution is -2.75. The summed E-state index contributed by atoms with van der Waals surface area (Å²) in [6, 6.07) is 94.4. The average molecular weight is 819 g/mol. The van der Waals surface area contributed by atoms with Gasteiger partial charge in [-0.05, 0) is 79.4 Å². The van der Waals surface area contributed by atoms with Gasteiger partial charge in [0.15, 0.2) is 8.07 Å². The summed E-state index contributed by atoms with van der Waals surface area (Å²) >= 11 is 0. The van der Waals surface area contributed by atoms with E-state index in [2.05, 4.69) is 264 Å². The molecule has 2 nitrogen and oxygen atoms in total. The molecule has 63 heavy (non-hydrogen) atoms. The second kappa shape index (κ2) is 15.2. The largest absolute Gasteiger partial charge is 0.309 e. The summed E-state index contributed by atoms with van der Waals surface area (Å²) < 4.78 is 5.09. The van der Waals surface area contributed by atoms with Crippen LogP contribution >= 0.6 is 0 Å². The first-order chi connectivity index (χ1) is 31.3. The minimum atomic E-state index is -3.02. The highest BCUT2D eigenvalue weighted by Crippen LogP contribution is 2.43. The van der Waals surface area contributed by atoms with Crippen LogP contribution in [0.25, 0.3) is 77.2 Å². The maximum Gasteiger partial charge on any atom is 0.181 e. The van der Waals surface area contributed by atoms with Gasteiger partial charge < -0.3 is 9.13 Å². The molecule has 0 fully saturated rings. The minimum Gasteiger partial charge on any atom is -0.309 e. The number of hydrogen-bond acceptors (Lipinski definition) is 0. The Morgan fingerprint density at radius 1 is 0.302 bits per heavy atom. The summed E-state index contributed by atoms with van der Waals surface area (Å²) in [4.78, 5) is 0. The maximum atomic E-state index is 2.63. The van der Waals surface area contributed by atoms with Gasteiger partial charge in [-0.1, -0.05) is 218 Å². The SMILES string of the molecule is c1ccc(-c2cccc(-n3c4ccccc4c4c(-n5c6cccc(-c7ccccc7)c6c6cccc([Si](c7ccccc7)(c7ccccc7)c7ccccc7)c65)cccc43)c2)cc1. The predicted molar refractivity (Wildman–Crippen MR) is 270 cm³/mol. The lowest BCUT2D eigenvalue weighted by molar-refractivity contribution is 1.17. The lowest BCUT2D eigenvalue weighted by atomic mass is 9.99. The van der Waals surface area contributed by atoms with Crippen molar-refractivity contribution < 1.29 is 0 Å². The number of hydrogen-bond donors (Lipinski definition) is 0. The molecule has 0 radical (unpaired) electrons. The van der Waals surface area contributed by atoms with Gasteiger partial charge in [0.25, 0.3) is 0 Å². The van der Waals surface area contributed by atoms with Crippen LogP contribution in [0.4, 0.5) is 0 Å². The molecule has 0 bridgehead atoms. The molecule has 0 atom stereocenters. The van der Waals surface area contributed by atoms with Crippen molar-refractivity contribution >= 4 is 72.4 Å². The summed E-state index contributed by atoms with van der Waals surface area (Å²) in [5.74, 6) is 0. The number of nitrogens with zero attached hydrogens (tertiary/aromatic N) is 2. The van der Waals surface area contributed by atoms with Crippen LogP contribution in [0.5, 0.6) is 0 Å². The third-order valence-electron chi connectivity index (χ3n) is 13.0. The molecule has 0 aliphatic rings. The summed E-state index contributed by atoms with van der Waals surface area (Å²) in [6.45, 7) is 0. The summed E-state index contributed by atoms with van der Waals surface area (Å²) in [5, 5.41) is 10.4. The zero-order valence-electron chi connectivity index (χ0n) is 34.6. The van der Waals surface area contributed by atoms with E-state index >= 15 is 0 Å². The van der Waals surface area contributed by atoms with Gasteiger partial charge in [-0.3, -0.25) is 0 Å². The molecule has 12 rings (SSSR count). The highest BCUT2D eigenvalue weighted by Gasteiger charge is 2.43. The van der Waals surface area contributed by atoms with Gasteiger partial charge in [0.05, 0.1) is 27.8 Å². The average Bonchev–Trinajstić information content (AvgIpc) is 3.90. The molecule has 3 heteroatoms. The molecule has 0 amide bonds. The number of para-hydroxylation sites is 2. The molecule has 0 aliphatic carbocycles. The number of rotatable bonds is 8. The normalized spacial score (nSPS) is 11.8. The van der Waals surface area contributed by atoms with E-state index in [-0.39, 0.29) is 0 Å². The third-order valence-corrected chi connectivity index (χ3v) is 17.9. The van der Waals surface area contributed by atoms with Gasteiger partial charge in [0.1, 0.15) is 0 Å². The van der Waals surface area contributed by atoms with Crippen molar-refractivity contribution in [2.45, 2.75) is 0 Å². The van der Waals surface area contributed by atoms with Gasteiger partial charge in [0, 0.05) is 27.2 Å². The van der Waals surface area contributed by atoms with Crippen LogP contribution in [0.1, 0.15) is 0 Å². The summed E-state index contributed by atoms with van der Waals surface area (Å²) in [5.41, 5.74) is 11.9. The van der Waals surface area contributed by atoms with E-state index in [4.69, 9.17) is 0 Å². The van der Waals surface area contributed by atoms with Gasteiger partial charge in [-0.2, -0.15) is 0 Å². The van der Waals surface area contributed by atoms with E-state index in [1.807, 2.05) is 0 Å². The fraction of sp³-hybridized carbons (Fsp3) is 0. The molecular weight excluding hydrogens is 777 g/mol. The Balaban J connectivity index is 1.26. The topological polar surface area (TPSA) is 9.86 Å². The highest BCUT2D eigenvalue weighted by atomic mass is 28.3. The minimum absolute atomic E-state index is 1.14. The van der Waals surface area contributed by atoms with E-state index in [0.717, 1.165) is 11.4 Å². The van der Waals surface area contributed by atoms with Crippen molar-refractivity contribution in [1.82, 2.24) is 9.13 Å². The molecular formula is C60H42N2Si. The van der Waals surface area contributed by atoms with Gasteiger partial charge in [-0.25, -0.2) is 0 Å². The second-order valence-corrected chi connectivity index (χ2v) is 20.2. The van der Waals surface area contributed by atoms with Crippen LogP contribution in [0.3, 0.4) is 0 Å². The molecule has 0 saturated carbocycles. The van der Waals surface area contributed by atoms with Crippen LogP contribution in [0, 0.1) is 0 Å². The molecule has 12 aromatic rings. The number of fused-ring (bicyclic) bond motifs is 6. The second-order valence-electron chi connectivity index (χ2n) is 16.4. The monoisotopic (exact) mass is 818 g/mol. The van der Waals surface area contributed by atoms with Crippen LogP contribution in [-0.4, -0.2) is 17.2 Å². The van der Waals surface area contributed by atoms with Crippen molar-refractivity contribution in [3.8, 4) is 33.6 Å². The molecule has 0 spiro atoms. The number of aromatic nitrogens is 2. The fourth-order valence-corrected chi connectivity index (χ4v) is 15.4. The molecule has 296 valence electrons. The molecule has 0 N–H and O–H groups in total. The quantitative estimate of drug-likeness (QED) is 0.107. The Bertz CT molecular complexity index is 3500. The first kappa shape index (κ1) is 36.8. The molecule has 10 aromatic carbocycles. The molecule has 0 unspecified atom stereocenters. The Kier molecular flexibility index (Phi) is 8.87. The summed E-state index contributed by atoms with van der Waals surface area (Å²) in [6.07, 6.45) is 0. The van der Waals surface area contributed by atoms with E-state index in [0.29, 0.717) is 0 Å². The molecule has 2 heterocycles. The smallest absolute Gasteiger partial charge is 0.181 e. The van der Waals surface area contributed by atoms with Crippen LogP contribution in [-0.2, 0) is 0 Å². The first-order valence-electron chi connectivity index (χ1n) is 21.8. The van der Waals surface area contributed by atoms with Crippen molar-refractivity contribution in [1.29, 1.82) is 0 Å². The highest BCUT2D eigenvalue weighted by molar-refractivity contribution is 7.20. The summed E-state index contributed by atoms with van der Waals surface area (Å²) in [7, 11) is -3.02. The number of benzene rings is 10. The first-order valence-corrected chi connectivity index (χ1v) is 23.8.